The normalized spacial score (nSPS) is 24.1. The Labute approximate surface area is 151 Å². The van der Waals surface area contributed by atoms with Gasteiger partial charge < -0.3 is 9.84 Å². The number of alkyl halides is 3. The van der Waals surface area contributed by atoms with Crippen molar-refractivity contribution in [2.45, 2.75) is 25.4 Å². The maximum absolute atomic E-state index is 13.8. The minimum Gasteiger partial charge on any atom is -0.395 e. The van der Waals surface area contributed by atoms with Crippen LogP contribution in [0.1, 0.15) is 11.1 Å². The van der Waals surface area contributed by atoms with E-state index in [9.17, 15) is 18.3 Å². The van der Waals surface area contributed by atoms with Gasteiger partial charge in [0.25, 0.3) is 0 Å². The molecule has 3 rings (SSSR count). The number of benzene rings is 2. The maximum Gasteiger partial charge on any atom is 0.400 e. The topological polar surface area (TPSA) is 32.7 Å². The molecule has 1 fully saturated rings. The highest BCUT2D eigenvalue weighted by Crippen LogP contribution is 2.47. The van der Waals surface area contributed by atoms with E-state index in [0.717, 1.165) is 11.1 Å². The molecule has 2 aromatic rings. The minimum absolute atomic E-state index is 0.0858. The van der Waals surface area contributed by atoms with Crippen molar-refractivity contribution >= 4 is 0 Å². The van der Waals surface area contributed by atoms with Crippen LogP contribution in [0.5, 0.6) is 0 Å². The fourth-order valence-corrected chi connectivity index (χ4v) is 3.43. The molecule has 0 amide bonds. The van der Waals surface area contributed by atoms with Gasteiger partial charge in [-0.05, 0) is 11.1 Å². The molecule has 1 heterocycles. The fraction of sp³-hybridized carbons (Fsp3) is 0.400. The predicted octanol–water partition coefficient (Wildman–Crippen LogP) is 3.63. The van der Waals surface area contributed by atoms with Crippen molar-refractivity contribution in [1.29, 1.82) is 0 Å². The molecule has 2 unspecified atom stereocenters. The Balaban J connectivity index is 1.77. The quantitative estimate of drug-likeness (QED) is 0.849. The smallest absolute Gasteiger partial charge is 0.395 e. The van der Waals surface area contributed by atoms with Gasteiger partial charge in [0.2, 0.25) is 0 Å². The van der Waals surface area contributed by atoms with Crippen LogP contribution in [0.15, 0.2) is 60.7 Å². The molecule has 2 aromatic carbocycles. The molecular formula is C20H22F3NO2. The van der Waals surface area contributed by atoms with Crippen LogP contribution in [0.4, 0.5) is 13.2 Å². The molecule has 1 aliphatic heterocycles. The largest absolute Gasteiger partial charge is 0.400 e. The summed E-state index contributed by atoms with van der Waals surface area (Å²) in [6, 6.07) is 18.4. The molecule has 2 atom stereocenters. The second kappa shape index (κ2) is 7.78. The Kier molecular flexibility index (Phi) is 5.65. The zero-order valence-corrected chi connectivity index (χ0v) is 14.3. The summed E-state index contributed by atoms with van der Waals surface area (Å²) in [6.45, 7) is -0.656. The zero-order chi connectivity index (χ0) is 18.6. The molecule has 1 N–H and O–H groups in total. The summed E-state index contributed by atoms with van der Waals surface area (Å²) < 4.78 is 47.2. The summed E-state index contributed by atoms with van der Waals surface area (Å²) in [5.41, 5.74) is -0.524. The summed E-state index contributed by atoms with van der Waals surface area (Å²) in [4.78, 5) is 1.70. The van der Waals surface area contributed by atoms with Gasteiger partial charge in [-0.2, -0.15) is 13.2 Å². The number of aliphatic hydroxyl groups is 1. The average Bonchev–Trinajstić information content (AvgIpc) is 3.00. The molecule has 0 saturated carbocycles. The monoisotopic (exact) mass is 365 g/mol. The zero-order valence-electron chi connectivity index (χ0n) is 14.3. The maximum atomic E-state index is 13.8. The lowest BCUT2D eigenvalue weighted by molar-refractivity contribution is -0.260. The first-order chi connectivity index (χ1) is 12.4. The number of ether oxygens (including phenoxy) is 1. The van der Waals surface area contributed by atoms with Crippen LogP contribution < -0.4 is 0 Å². The van der Waals surface area contributed by atoms with Gasteiger partial charge in [0.05, 0.1) is 19.3 Å². The summed E-state index contributed by atoms with van der Waals surface area (Å²) in [5, 5.41) is 9.68. The molecule has 0 radical (unpaired) electrons. The van der Waals surface area contributed by atoms with Crippen LogP contribution in [0.3, 0.4) is 0 Å². The molecule has 0 bridgehead atoms. The van der Waals surface area contributed by atoms with E-state index in [0.29, 0.717) is 6.54 Å². The fourth-order valence-electron chi connectivity index (χ4n) is 3.43. The number of hydrogen-bond donors (Lipinski definition) is 1. The van der Waals surface area contributed by atoms with Crippen molar-refractivity contribution in [3.8, 4) is 0 Å². The third-order valence-electron chi connectivity index (χ3n) is 4.94. The van der Waals surface area contributed by atoms with Crippen LogP contribution in [0, 0.1) is 5.41 Å². The van der Waals surface area contributed by atoms with Crippen LogP contribution in [0.25, 0.3) is 0 Å². The van der Waals surface area contributed by atoms with Crippen molar-refractivity contribution in [3.63, 3.8) is 0 Å². The van der Waals surface area contributed by atoms with Gasteiger partial charge in [0, 0.05) is 19.6 Å². The van der Waals surface area contributed by atoms with Gasteiger partial charge in [-0.1, -0.05) is 60.7 Å². The Morgan fingerprint density at radius 1 is 1.00 bits per heavy atom. The van der Waals surface area contributed by atoms with Crippen molar-refractivity contribution in [2.24, 2.45) is 5.41 Å². The molecule has 3 nitrogen and oxygen atoms in total. The first kappa shape index (κ1) is 18.9. The van der Waals surface area contributed by atoms with Gasteiger partial charge in [-0.15, -0.1) is 0 Å². The number of nitrogens with zero attached hydrogens (tertiary/aromatic N) is 1. The highest BCUT2D eigenvalue weighted by atomic mass is 19.4. The van der Waals surface area contributed by atoms with Gasteiger partial charge in [0.1, 0.15) is 5.41 Å². The van der Waals surface area contributed by atoms with Crippen LogP contribution in [0.2, 0.25) is 0 Å². The summed E-state index contributed by atoms with van der Waals surface area (Å²) in [7, 11) is 0. The lowest BCUT2D eigenvalue weighted by Gasteiger charge is -2.34. The third kappa shape index (κ3) is 3.92. The Hall–Kier alpha value is -1.89. The second-order valence-corrected chi connectivity index (χ2v) is 6.75. The van der Waals surface area contributed by atoms with E-state index in [1.54, 1.807) is 4.90 Å². The van der Waals surface area contributed by atoms with Crippen molar-refractivity contribution in [2.75, 3.05) is 19.7 Å². The number of halogens is 3. The lowest BCUT2D eigenvalue weighted by Crippen LogP contribution is -2.51. The van der Waals surface area contributed by atoms with Crippen molar-refractivity contribution in [1.82, 2.24) is 4.90 Å². The summed E-state index contributed by atoms with van der Waals surface area (Å²) in [6.07, 6.45) is -5.66. The number of rotatable bonds is 6. The van der Waals surface area contributed by atoms with Crippen molar-refractivity contribution < 1.29 is 23.0 Å². The van der Waals surface area contributed by atoms with Gasteiger partial charge in [0.15, 0.2) is 0 Å². The van der Waals surface area contributed by atoms with E-state index in [1.165, 1.54) is 0 Å². The number of hydrogen-bond acceptors (Lipinski definition) is 3. The van der Waals surface area contributed by atoms with E-state index in [1.807, 2.05) is 60.7 Å². The van der Waals surface area contributed by atoms with Crippen LogP contribution >= 0.6 is 0 Å². The van der Waals surface area contributed by atoms with Crippen LogP contribution in [-0.4, -0.2) is 42.0 Å². The van der Waals surface area contributed by atoms with Gasteiger partial charge in [-0.3, -0.25) is 4.90 Å². The van der Waals surface area contributed by atoms with Crippen molar-refractivity contribution in [3.05, 3.63) is 71.8 Å². The Morgan fingerprint density at radius 2 is 1.58 bits per heavy atom. The average molecular weight is 365 g/mol. The SMILES string of the molecule is OCC1(C(F)(F)F)CN(Cc2ccccc2)CC1OCc1ccccc1. The van der Waals surface area contributed by atoms with Gasteiger partial charge in [-0.25, -0.2) is 0 Å². The molecule has 0 aliphatic carbocycles. The molecule has 26 heavy (non-hydrogen) atoms. The molecule has 140 valence electrons. The second-order valence-electron chi connectivity index (χ2n) is 6.75. The van der Waals surface area contributed by atoms with E-state index >= 15 is 0 Å². The highest BCUT2D eigenvalue weighted by molar-refractivity contribution is 5.16. The van der Waals surface area contributed by atoms with E-state index in [2.05, 4.69) is 0 Å². The van der Waals surface area contributed by atoms with E-state index < -0.39 is 24.3 Å². The van der Waals surface area contributed by atoms with Crippen LogP contribution in [-0.2, 0) is 17.9 Å². The standard InChI is InChI=1S/C20H22F3NO2/c21-20(22,23)19(15-25)14-24(11-16-7-3-1-4-8-16)12-18(19)26-13-17-9-5-2-6-10-17/h1-10,18,25H,11-15H2. The molecule has 0 spiro atoms. The molecule has 0 aromatic heterocycles. The lowest BCUT2D eigenvalue weighted by atomic mass is 9.84. The summed E-state index contributed by atoms with van der Waals surface area (Å²) in [5.74, 6) is 0. The number of likely N-dealkylation sites (tertiary alicyclic amines) is 1. The van der Waals surface area contributed by atoms with E-state index in [4.69, 9.17) is 4.74 Å². The van der Waals surface area contributed by atoms with Gasteiger partial charge >= 0.3 is 6.18 Å². The molecule has 6 heteroatoms. The highest BCUT2D eigenvalue weighted by Gasteiger charge is 2.63. The summed E-state index contributed by atoms with van der Waals surface area (Å²) >= 11 is 0. The molecule has 1 saturated heterocycles. The predicted molar refractivity (Wildman–Crippen MR) is 92.3 cm³/mol. The first-order valence-corrected chi connectivity index (χ1v) is 8.54. The first-order valence-electron chi connectivity index (χ1n) is 8.54. The van der Waals surface area contributed by atoms with E-state index in [-0.39, 0.29) is 19.7 Å². The molecule has 1 aliphatic rings. The number of aliphatic hydroxyl groups excluding tert-OH is 1. The minimum atomic E-state index is -4.55. The Bertz CT molecular complexity index is 693. The molecular weight excluding hydrogens is 343 g/mol. The third-order valence-corrected chi connectivity index (χ3v) is 4.94. The Morgan fingerprint density at radius 3 is 2.12 bits per heavy atom.